The molecule has 0 saturated carbocycles. The van der Waals surface area contributed by atoms with Crippen LogP contribution in [0.1, 0.15) is 17.3 Å². The van der Waals surface area contributed by atoms with Gasteiger partial charge in [-0.25, -0.2) is 4.79 Å². The molecule has 0 aliphatic carbocycles. The first-order valence-corrected chi connectivity index (χ1v) is 5.05. The number of hydrogen-bond donors (Lipinski definition) is 2. The van der Waals surface area contributed by atoms with Gasteiger partial charge in [-0.3, -0.25) is 4.79 Å². The van der Waals surface area contributed by atoms with Crippen LogP contribution in [0.15, 0.2) is 35.6 Å². The van der Waals surface area contributed by atoms with Crippen molar-refractivity contribution < 1.29 is 19.8 Å². The molecule has 2 rings (SSSR count). The minimum absolute atomic E-state index is 0.0183. The predicted octanol–water partition coefficient (Wildman–Crippen LogP) is 1.56. The number of benzene rings is 1. The highest BCUT2D eigenvalue weighted by atomic mass is 16.4. The molecular weight excluding hydrogens is 222 g/mol. The molecule has 1 aliphatic heterocycles. The van der Waals surface area contributed by atoms with Gasteiger partial charge in [0.25, 0.3) is 5.91 Å². The SMILES string of the molecule is CC1=C(O)CN(c2ccccc2C(=O)O)C1=O. The Balaban J connectivity index is 2.44. The monoisotopic (exact) mass is 233 g/mol. The van der Waals surface area contributed by atoms with Crippen LogP contribution in [-0.2, 0) is 4.79 Å². The average Bonchev–Trinajstić information content (AvgIpc) is 2.57. The lowest BCUT2D eigenvalue weighted by Crippen LogP contribution is -2.28. The number of para-hydroxylation sites is 1. The second kappa shape index (κ2) is 3.93. The lowest BCUT2D eigenvalue weighted by molar-refractivity contribution is -0.114. The summed E-state index contributed by atoms with van der Waals surface area (Å²) in [5.41, 5.74) is 0.599. The molecule has 1 aliphatic rings. The van der Waals surface area contributed by atoms with Gasteiger partial charge in [0.15, 0.2) is 0 Å². The number of rotatable bonds is 2. The minimum Gasteiger partial charge on any atom is -0.510 e. The largest absolute Gasteiger partial charge is 0.510 e. The third kappa shape index (κ3) is 1.75. The topological polar surface area (TPSA) is 77.8 Å². The van der Waals surface area contributed by atoms with Crippen molar-refractivity contribution in [3.8, 4) is 0 Å². The number of aliphatic hydroxyl groups excluding tert-OH is 1. The first-order chi connectivity index (χ1) is 8.02. The van der Waals surface area contributed by atoms with Gasteiger partial charge in [0.05, 0.1) is 23.4 Å². The number of carbonyl (C=O) groups excluding carboxylic acids is 1. The minimum atomic E-state index is -1.10. The van der Waals surface area contributed by atoms with Gasteiger partial charge >= 0.3 is 5.97 Å². The fourth-order valence-corrected chi connectivity index (χ4v) is 1.75. The summed E-state index contributed by atoms with van der Waals surface area (Å²) < 4.78 is 0. The number of amides is 1. The summed E-state index contributed by atoms with van der Waals surface area (Å²) in [4.78, 5) is 24.1. The Morgan fingerprint density at radius 2 is 2.00 bits per heavy atom. The molecule has 0 radical (unpaired) electrons. The average molecular weight is 233 g/mol. The van der Waals surface area contributed by atoms with Gasteiger partial charge in [-0.2, -0.15) is 0 Å². The molecule has 0 bridgehead atoms. The van der Waals surface area contributed by atoms with E-state index in [0.29, 0.717) is 5.69 Å². The van der Waals surface area contributed by atoms with E-state index in [4.69, 9.17) is 5.11 Å². The van der Waals surface area contributed by atoms with Gasteiger partial charge in [0, 0.05) is 0 Å². The molecule has 1 heterocycles. The van der Waals surface area contributed by atoms with E-state index in [1.807, 2.05) is 0 Å². The normalized spacial score (nSPS) is 15.6. The molecule has 5 heteroatoms. The molecule has 0 aromatic heterocycles. The molecule has 0 fully saturated rings. The van der Waals surface area contributed by atoms with Crippen molar-refractivity contribution in [3.05, 3.63) is 41.2 Å². The fourth-order valence-electron chi connectivity index (χ4n) is 1.75. The molecule has 2 N–H and O–H groups in total. The first-order valence-electron chi connectivity index (χ1n) is 5.05. The molecule has 1 aromatic carbocycles. The Bertz CT molecular complexity index is 533. The van der Waals surface area contributed by atoms with E-state index in [2.05, 4.69) is 0 Å². The van der Waals surface area contributed by atoms with E-state index >= 15 is 0 Å². The fraction of sp³-hybridized carbons (Fsp3) is 0.167. The van der Waals surface area contributed by atoms with Crippen LogP contribution >= 0.6 is 0 Å². The number of anilines is 1. The van der Waals surface area contributed by atoms with Gasteiger partial charge in [-0.1, -0.05) is 12.1 Å². The van der Waals surface area contributed by atoms with Crippen LogP contribution in [0.5, 0.6) is 0 Å². The second-order valence-electron chi connectivity index (χ2n) is 3.79. The smallest absolute Gasteiger partial charge is 0.337 e. The van der Waals surface area contributed by atoms with Gasteiger partial charge in [-0.05, 0) is 19.1 Å². The number of aromatic carboxylic acids is 1. The summed E-state index contributed by atoms with van der Waals surface area (Å²) in [7, 11) is 0. The maximum absolute atomic E-state index is 11.8. The van der Waals surface area contributed by atoms with E-state index in [-0.39, 0.29) is 29.3 Å². The summed E-state index contributed by atoms with van der Waals surface area (Å²) in [6.07, 6.45) is 0. The maximum Gasteiger partial charge on any atom is 0.337 e. The molecular formula is C12H11NO4. The second-order valence-corrected chi connectivity index (χ2v) is 3.79. The zero-order valence-corrected chi connectivity index (χ0v) is 9.17. The molecule has 1 amide bonds. The first kappa shape index (κ1) is 11.2. The van der Waals surface area contributed by atoms with Crippen LogP contribution in [0.4, 0.5) is 5.69 Å². The summed E-state index contributed by atoms with van der Waals surface area (Å²) in [6.45, 7) is 1.54. The van der Waals surface area contributed by atoms with Crippen molar-refractivity contribution in [2.45, 2.75) is 6.92 Å². The zero-order chi connectivity index (χ0) is 12.6. The van der Waals surface area contributed by atoms with E-state index in [9.17, 15) is 14.7 Å². The van der Waals surface area contributed by atoms with E-state index in [0.717, 1.165) is 0 Å². The van der Waals surface area contributed by atoms with E-state index < -0.39 is 5.97 Å². The molecule has 88 valence electrons. The number of hydrogen-bond acceptors (Lipinski definition) is 3. The van der Waals surface area contributed by atoms with Crippen molar-refractivity contribution >= 4 is 17.6 Å². The number of carboxylic acids is 1. The number of carboxylic acid groups (broad SMARTS) is 1. The summed E-state index contributed by atoms with van der Waals surface area (Å²) in [5, 5.41) is 18.5. The highest BCUT2D eigenvalue weighted by Crippen LogP contribution is 2.27. The molecule has 5 nitrogen and oxygen atoms in total. The Hall–Kier alpha value is -2.30. The van der Waals surface area contributed by atoms with Gasteiger partial charge in [-0.15, -0.1) is 0 Å². The Labute approximate surface area is 97.6 Å². The number of aliphatic hydroxyl groups is 1. The van der Waals surface area contributed by atoms with Crippen molar-refractivity contribution in [2.24, 2.45) is 0 Å². The van der Waals surface area contributed by atoms with Crippen LogP contribution < -0.4 is 4.90 Å². The molecule has 0 spiro atoms. The maximum atomic E-state index is 11.8. The highest BCUT2D eigenvalue weighted by Gasteiger charge is 2.30. The van der Waals surface area contributed by atoms with Crippen LogP contribution in [0, 0.1) is 0 Å². The Morgan fingerprint density at radius 3 is 2.53 bits per heavy atom. The van der Waals surface area contributed by atoms with Gasteiger partial charge in [0.1, 0.15) is 5.76 Å². The van der Waals surface area contributed by atoms with E-state index in [1.165, 1.54) is 17.9 Å². The lowest BCUT2D eigenvalue weighted by Gasteiger charge is -2.18. The van der Waals surface area contributed by atoms with E-state index in [1.54, 1.807) is 18.2 Å². The van der Waals surface area contributed by atoms with Crippen LogP contribution in [-0.4, -0.2) is 28.6 Å². The van der Waals surface area contributed by atoms with Crippen LogP contribution in [0.25, 0.3) is 0 Å². The Kier molecular flexibility index (Phi) is 2.59. The summed E-state index contributed by atoms with van der Waals surface area (Å²) >= 11 is 0. The molecule has 1 aromatic rings. The molecule has 0 unspecified atom stereocenters. The van der Waals surface area contributed by atoms with Crippen molar-refractivity contribution in [2.75, 3.05) is 11.4 Å². The Morgan fingerprint density at radius 1 is 1.35 bits per heavy atom. The number of nitrogens with zero attached hydrogens (tertiary/aromatic N) is 1. The molecule has 0 saturated heterocycles. The molecule has 17 heavy (non-hydrogen) atoms. The van der Waals surface area contributed by atoms with Crippen molar-refractivity contribution in [1.82, 2.24) is 0 Å². The molecule has 0 atom stereocenters. The van der Waals surface area contributed by atoms with Crippen molar-refractivity contribution in [1.29, 1.82) is 0 Å². The highest BCUT2D eigenvalue weighted by molar-refractivity contribution is 6.11. The summed E-state index contributed by atoms with van der Waals surface area (Å²) in [6, 6.07) is 6.22. The van der Waals surface area contributed by atoms with Gasteiger partial charge in [0.2, 0.25) is 0 Å². The third-order valence-electron chi connectivity index (χ3n) is 2.73. The summed E-state index contributed by atoms with van der Waals surface area (Å²) in [5.74, 6) is -1.48. The standard InChI is InChI=1S/C12H11NO4/c1-7-10(14)6-13(11(7)15)9-5-3-2-4-8(9)12(16)17/h2-5,14H,6H2,1H3,(H,16,17). The number of carbonyl (C=O) groups is 2. The third-order valence-corrected chi connectivity index (χ3v) is 2.73. The lowest BCUT2D eigenvalue weighted by atomic mass is 10.1. The quantitative estimate of drug-likeness (QED) is 0.812. The van der Waals surface area contributed by atoms with Gasteiger partial charge < -0.3 is 15.1 Å². The van der Waals surface area contributed by atoms with Crippen molar-refractivity contribution in [3.63, 3.8) is 0 Å². The predicted molar refractivity (Wildman–Crippen MR) is 61.1 cm³/mol. The zero-order valence-electron chi connectivity index (χ0n) is 9.17. The van der Waals surface area contributed by atoms with Crippen LogP contribution in [0.3, 0.4) is 0 Å². The van der Waals surface area contributed by atoms with Crippen LogP contribution in [0.2, 0.25) is 0 Å².